The van der Waals surface area contributed by atoms with E-state index in [0.29, 0.717) is 22.6 Å². The number of carbonyl (C=O) groups excluding carboxylic acids is 1. The highest BCUT2D eigenvalue weighted by Gasteiger charge is 2.15. The lowest BCUT2D eigenvalue weighted by molar-refractivity contribution is -0.136. The average molecular weight is 309 g/mol. The highest BCUT2D eigenvalue weighted by molar-refractivity contribution is 6.02. The van der Waals surface area contributed by atoms with Crippen molar-refractivity contribution in [1.82, 2.24) is 14.4 Å². The van der Waals surface area contributed by atoms with E-state index in [1.165, 1.54) is 6.92 Å². The summed E-state index contributed by atoms with van der Waals surface area (Å²) in [6, 6.07) is 5.35. The quantitative estimate of drug-likeness (QED) is 0.749. The minimum atomic E-state index is -0.935. The van der Waals surface area contributed by atoms with Crippen molar-refractivity contribution in [3.05, 3.63) is 53.9 Å². The highest BCUT2D eigenvalue weighted by atomic mass is 16.4. The maximum Gasteiger partial charge on any atom is 0.309 e. The Balaban J connectivity index is 2.18. The van der Waals surface area contributed by atoms with E-state index in [4.69, 9.17) is 5.11 Å². The third kappa shape index (κ3) is 2.83. The zero-order chi connectivity index (χ0) is 16.6. The number of ketones is 1. The van der Waals surface area contributed by atoms with Gasteiger partial charge in [0, 0.05) is 35.4 Å². The topological polar surface area (TPSA) is 84.6 Å². The lowest BCUT2D eigenvalue weighted by atomic mass is 10.1. The van der Waals surface area contributed by atoms with E-state index >= 15 is 0 Å². The van der Waals surface area contributed by atoms with Crippen molar-refractivity contribution >= 4 is 17.3 Å². The van der Waals surface area contributed by atoms with Crippen molar-refractivity contribution in [3.63, 3.8) is 0 Å². The molecule has 0 spiro atoms. The predicted octanol–water partition coefficient (Wildman–Crippen LogP) is 2.53. The standard InChI is InChI=1S/C17H15N3O3/c1-10(21)15-6-14(7-17(22)23)20-4-3-12(5-16(15)20)13-8-18-11(2)19-9-13/h3-6,8-9H,7H2,1-2H3,(H,22,23). The molecule has 0 aromatic carbocycles. The van der Waals surface area contributed by atoms with Gasteiger partial charge in [-0.05, 0) is 37.6 Å². The molecule has 0 saturated heterocycles. The van der Waals surface area contributed by atoms with E-state index in [1.54, 1.807) is 29.1 Å². The monoisotopic (exact) mass is 309 g/mol. The number of Topliss-reactive ketones (excluding diaryl/α,β-unsaturated/α-hetero) is 1. The summed E-state index contributed by atoms with van der Waals surface area (Å²) in [5, 5.41) is 9.02. The number of carbonyl (C=O) groups is 2. The van der Waals surface area contributed by atoms with Gasteiger partial charge in [-0.3, -0.25) is 9.59 Å². The Morgan fingerprint density at radius 2 is 1.87 bits per heavy atom. The van der Waals surface area contributed by atoms with Gasteiger partial charge in [0.25, 0.3) is 0 Å². The van der Waals surface area contributed by atoms with Crippen LogP contribution in [0.3, 0.4) is 0 Å². The van der Waals surface area contributed by atoms with E-state index in [1.807, 2.05) is 19.1 Å². The summed E-state index contributed by atoms with van der Waals surface area (Å²) in [5.41, 5.74) is 3.49. The van der Waals surface area contributed by atoms with E-state index < -0.39 is 5.97 Å². The minimum Gasteiger partial charge on any atom is -0.481 e. The second-order valence-electron chi connectivity index (χ2n) is 5.37. The van der Waals surface area contributed by atoms with E-state index in [2.05, 4.69) is 9.97 Å². The van der Waals surface area contributed by atoms with Crippen LogP contribution < -0.4 is 0 Å². The number of nitrogens with zero attached hydrogens (tertiary/aromatic N) is 3. The number of carboxylic acid groups (broad SMARTS) is 1. The molecule has 6 heteroatoms. The van der Waals surface area contributed by atoms with Crippen molar-refractivity contribution < 1.29 is 14.7 Å². The molecule has 1 N–H and O–H groups in total. The molecule has 0 aliphatic heterocycles. The molecule has 0 atom stereocenters. The van der Waals surface area contributed by atoms with Crippen LogP contribution >= 0.6 is 0 Å². The zero-order valence-electron chi connectivity index (χ0n) is 12.8. The first-order chi connectivity index (χ1) is 11.0. The van der Waals surface area contributed by atoms with E-state index in [0.717, 1.165) is 11.1 Å². The van der Waals surface area contributed by atoms with Gasteiger partial charge in [0.1, 0.15) is 5.82 Å². The number of hydrogen-bond donors (Lipinski definition) is 1. The van der Waals surface area contributed by atoms with Crippen molar-refractivity contribution in [2.75, 3.05) is 0 Å². The van der Waals surface area contributed by atoms with Crippen molar-refractivity contribution in [2.45, 2.75) is 20.3 Å². The van der Waals surface area contributed by atoms with E-state index in [9.17, 15) is 9.59 Å². The summed E-state index contributed by atoms with van der Waals surface area (Å²) >= 11 is 0. The fourth-order valence-corrected chi connectivity index (χ4v) is 2.56. The Morgan fingerprint density at radius 1 is 1.17 bits per heavy atom. The molecule has 0 fully saturated rings. The van der Waals surface area contributed by atoms with Gasteiger partial charge in [0.2, 0.25) is 0 Å². The Labute approximate surface area is 132 Å². The van der Waals surface area contributed by atoms with Crippen molar-refractivity contribution in [2.24, 2.45) is 0 Å². The number of aromatic nitrogens is 3. The maximum atomic E-state index is 11.9. The third-order valence-electron chi connectivity index (χ3n) is 3.68. The molecule has 0 radical (unpaired) electrons. The van der Waals surface area contributed by atoms with Gasteiger partial charge in [-0.1, -0.05) is 0 Å². The minimum absolute atomic E-state index is 0.101. The Morgan fingerprint density at radius 3 is 2.48 bits per heavy atom. The summed E-state index contributed by atoms with van der Waals surface area (Å²) in [5.74, 6) is -0.349. The normalized spacial score (nSPS) is 10.9. The maximum absolute atomic E-state index is 11.9. The number of rotatable bonds is 4. The Bertz CT molecular complexity index is 911. The van der Waals surface area contributed by atoms with Gasteiger partial charge in [-0.2, -0.15) is 0 Å². The molecule has 0 saturated carbocycles. The zero-order valence-corrected chi connectivity index (χ0v) is 12.8. The SMILES string of the molecule is CC(=O)c1cc(CC(=O)O)n2ccc(-c3cnc(C)nc3)cc12. The molecule has 3 rings (SSSR count). The largest absolute Gasteiger partial charge is 0.481 e. The first-order valence-corrected chi connectivity index (χ1v) is 7.11. The summed E-state index contributed by atoms with van der Waals surface area (Å²) < 4.78 is 1.74. The van der Waals surface area contributed by atoms with Gasteiger partial charge in [0.15, 0.2) is 5.78 Å². The fraction of sp³-hybridized carbons (Fsp3) is 0.176. The molecule has 0 aliphatic rings. The Hall–Kier alpha value is -3.02. The van der Waals surface area contributed by atoms with Gasteiger partial charge >= 0.3 is 5.97 Å². The summed E-state index contributed by atoms with van der Waals surface area (Å²) in [6.07, 6.45) is 5.09. The number of fused-ring (bicyclic) bond motifs is 1. The summed E-state index contributed by atoms with van der Waals surface area (Å²) in [4.78, 5) is 31.2. The Kier molecular flexibility index (Phi) is 3.65. The van der Waals surface area contributed by atoms with Gasteiger partial charge in [-0.25, -0.2) is 9.97 Å². The molecule has 116 valence electrons. The third-order valence-corrected chi connectivity index (χ3v) is 3.68. The predicted molar refractivity (Wildman–Crippen MR) is 84.5 cm³/mol. The van der Waals surface area contributed by atoms with Gasteiger partial charge < -0.3 is 9.51 Å². The van der Waals surface area contributed by atoms with Gasteiger partial charge in [0.05, 0.1) is 11.9 Å². The molecule has 0 aliphatic carbocycles. The number of aliphatic carboxylic acids is 1. The van der Waals surface area contributed by atoms with Crippen LogP contribution in [0.25, 0.3) is 16.6 Å². The molecular formula is C17H15N3O3. The van der Waals surface area contributed by atoms with Crippen LogP contribution in [0.2, 0.25) is 0 Å². The summed E-state index contributed by atoms with van der Waals surface area (Å²) in [6.45, 7) is 3.29. The average Bonchev–Trinajstić information content (AvgIpc) is 2.85. The molecule has 3 aromatic rings. The number of aryl methyl sites for hydroxylation is 1. The van der Waals surface area contributed by atoms with Crippen LogP contribution in [0.1, 0.15) is 28.8 Å². The molecule has 3 heterocycles. The number of pyridine rings is 1. The molecule has 23 heavy (non-hydrogen) atoms. The number of hydrogen-bond acceptors (Lipinski definition) is 4. The van der Waals surface area contributed by atoms with Crippen LogP contribution in [-0.2, 0) is 11.2 Å². The van der Waals surface area contributed by atoms with Crippen LogP contribution in [0.15, 0.2) is 36.8 Å². The van der Waals surface area contributed by atoms with Crippen molar-refractivity contribution in [3.8, 4) is 11.1 Å². The molecule has 0 unspecified atom stereocenters. The fourth-order valence-electron chi connectivity index (χ4n) is 2.56. The summed E-state index contributed by atoms with van der Waals surface area (Å²) in [7, 11) is 0. The van der Waals surface area contributed by atoms with Crippen LogP contribution in [0, 0.1) is 6.92 Å². The smallest absolute Gasteiger partial charge is 0.309 e. The van der Waals surface area contributed by atoms with Crippen LogP contribution in [-0.4, -0.2) is 31.2 Å². The van der Waals surface area contributed by atoms with Gasteiger partial charge in [-0.15, -0.1) is 0 Å². The van der Waals surface area contributed by atoms with Crippen molar-refractivity contribution in [1.29, 1.82) is 0 Å². The molecule has 6 nitrogen and oxygen atoms in total. The first-order valence-electron chi connectivity index (χ1n) is 7.11. The molecule has 0 bridgehead atoms. The second kappa shape index (κ2) is 5.64. The molecular weight excluding hydrogens is 294 g/mol. The second-order valence-corrected chi connectivity index (χ2v) is 5.37. The molecule has 3 aromatic heterocycles. The lowest BCUT2D eigenvalue weighted by Crippen LogP contribution is -2.03. The lowest BCUT2D eigenvalue weighted by Gasteiger charge is -2.05. The first kappa shape index (κ1) is 14.9. The van der Waals surface area contributed by atoms with Crippen LogP contribution in [0.5, 0.6) is 0 Å². The van der Waals surface area contributed by atoms with Crippen LogP contribution in [0.4, 0.5) is 0 Å². The number of carboxylic acids is 1. The molecule has 0 amide bonds. The van der Waals surface area contributed by atoms with E-state index in [-0.39, 0.29) is 12.2 Å². The highest BCUT2D eigenvalue weighted by Crippen LogP contribution is 2.25.